The average molecular weight is 294 g/mol. The van der Waals surface area contributed by atoms with Crippen molar-refractivity contribution in [3.05, 3.63) is 36.1 Å². The molecule has 0 N–H and O–H groups in total. The maximum absolute atomic E-state index is 5.64. The van der Waals surface area contributed by atoms with E-state index >= 15 is 0 Å². The molecule has 3 aromatic heterocycles. The van der Waals surface area contributed by atoms with Crippen molar-refractivity contribution in [2.24, 2.45) is 0 Å². The number of nitrogens with zero attached hydrogens (tertiary/aromatic N) is 5. The topological polar surface area (TPSA) is 82.8 Å². The van der Waals surface area contributed by atoms with Crippen molar-refractivity contribution in [3.63, 3.8) is 0 Å². The van der Waals surface area contributed by atoms with E-state index in [9.17, 15) is 0 Å². The normalized spacial score (nSPS) is 11.1. The fraction of sp³-hybridized carbons (Fsp3) is 0.333. The van der Waals surface area contributed by atoms with Gasteiger partial charge in [0.05, 0.1) is 12.0 Å². The van der Waals surface area contributed by atoms with Crippen LogP contribution >= 0.6 is 11.6 Å². The van der Waals surface area contributed by atoms with E-state index in [1.807, 2.05) is 6.20 Å². The smallest absolute Gasteiger partial charge is 0.293 e. The van der Waals surface area contributed by atoms with Crippen molar-refractivity contribution in [1.29, 1.82) is 0 Å². The minimum absolute atomic E-state index is 0.354. The first-order valence-electron chi connectivity index (χ1n) is 6.16. The molecule has 20 heavy (non-hydrogen) atoms. The largest absolute Gasteiger partial charge is 0.459 e. The lowest BCUT2D eigenvalue weighted by Gasteiger charge is -1.92. The fourth-order valence-corrected chi connectivity index (χ4v) is 1.88. The van der Waals surface area contributed by atoms with Gasteiger partial charge in [0.15, 0.2) is 11.6 Å². The molecule has 0 amide bonds. The third kappa shape index (κ3) is 2.88. The predicted molar refractivity (Wildman–Crippen MR) is 70.2 cm³/mol. The molecule has 0 spiro atoms. The highest BCUT2D eigenvalue weighted by molar-refractivity contribution is 6.17. The quantitative estimate of drug-likeness (QED) is 0.648. The molecule has 8 heteroatoms. The van der Waals surface area contributed by atoms with Crippen molar-refractivity contribution in [1.82, 2.24) is 25.1 Å². The summed E-state index contributed by atoms with van der Waals surface area (Å²) in [6.45, 7) is 0.401. The third-order valence-corrected chi connectivity index (χ3v) is 2.92. The first-order chi connectivity index (χ1) is 9.85. The molecule has 3 aromatic rings. The fourth-order valence-electron chi connectivity index (χ4n) is 1.74. The van der Waals surface area contributed by atoms with E-state index in [1.165, 1.54) is 0 Å². The van der Waals surface area contributed by atoms with Crippen LogP contribution in [0.5, 0.6) is 0 Å². The summed E-state index contributed by atoms with van der Waals surface area (Å²) in [7, 11) is 0. The van der Waals surface area contributed by atoms with E-state index in [-0.39, 0.29) is 0 Å². The van der Waals surface area contributed by atoms with E-state index in [4.69, 9.17) is 20.5 Å². The SMILES string of the molecule is ClCCCc1cn(Cc2noc(-c3ccco3)n2)nn1. The molecule has 0 saturated heterocycles. The lowest BCUT2D eigenvalue weighted by molar-refractivity contribution is 0.406. The molecule has 0 saturated carbocycles. The van der Waals surface area contributed by atoms with Gasteiger partial charge in [-0.1, -0.05) is 10.4 Å². The van der Waals surface area contributed by atoms with Gasteiger partial charge in [-0.05, 0) is 25.0 Å². The first kappa shape index (κ1) is 12.9. The molecule has 0 aliphatic rings. The van der Waals surface area contributed by atoms with Crippen LogP contribution in [-0.2, 0) is 13.0 Å². The van der Waals surface area contributed by atoms with Crippen LogP contribution in [0.3, 0.4) is 0 Å². The Morgan fingerprint density at radius 2 is 2.30 bits per heavy atom. The highest BCUT2D eigenvalue weighted by atomic mass is 35.5. The zero-order chi connectivity index (χ0) is 13.8. The molecule has 0 aliphatic heterocycles. The van der Waals surface area contributed by atoms with E-state index in [1.54, 1.807) is 23.1 Å². The van der Waals surface area contributed by atoms with Crippen molar-refractivity contribution >= 4 is 11.6 Å². The second-order valence-electron chi connectivity index (χ2n) is 4.19. The van der Waals surface area contributed by atoms with Crippen molar-refractivity contribution in [2.75, 3.05) is 5.88 Å². The van der Waals surface area contributed by atoms with Gasteiger partial charge in [-0.3, -0.25) is 0 Å². The maximum Gasteiger partial charge on any atom is 0.293 e. The van der Waals surface area contributed by atoms with Gasteiger partial charge >= 0.3 is 0 Å². The van der Waals surface area contributed by atoms with E-state index in [0.717, 1.165) is 18.5 Å². The van der Waals surface area contributed by atoms with E-state index in [2.05, 4.69) is 20.5 Å². The monoisotopic (exact) mass is 293 g/mol. The number of aromatic nitrogens is 5. The molecule has 3 heterocycles. The van der Waals surface area contributed by atoms with Gasteiger partial charge in [0.1, 0.15) is 6.54 Å². The predicted octanol–water partition coefficient (Wildman–Crippen LogP) is 2.14. The molecular formula is C12H12ClN5O2. The van der Waals surface area contributed by atoms with Crippen LogP contribution in [0.2, 0.25) is 0 Å². The molecular weight excluding hydrogens is 282 g/mol. The van der Waals surface area contributed by atoms with Crippen molar-refractivity contribution in [2.45, 2.75) is 19.4 Å². The number of hydrogen-bond donors (Lipinski definition) is 0. The lowest BCUT2D eigenvalue weighted by atomic mass is 10.3. The zero-order valence-electron chi connectivity index (χ0n) is 10.6. The van der Waals surface area contributed by atoms with Crippen molar-refractivity contribution in [3.8, 4) is 11.7 Å². The lowest BCUT2D eigenvalue weighted by Crippen LogP contribution is -2.02. The molecule has 0 bridgehead atoms. The van der Waals surface area contributed by atoms with Crippen molar-refractivity contribution < 1.29 is 8.94 Å². The summed E-state index contributed by atoms with van der Waals surface area (Å²) in [5, 5.41) is 12.0. The van der Waals surface area contributed by atoms with Gasteiger partial charge in [-0.2, -0.15) is 4.98 Å². The summed E-state index contributed by atoms with van der Waals surface area (Å²) < 4.78 is 12.0. The minimum Gasteiger partial charge on any atom is -0.459 e. The molecule has 0 radical (unpaired) electrons. The number of rotatable bonds is 6. The Morgan fingerprint density at radius 3 is 3.10 bits per heavy atom. The molecule has 0 atom stereocenters. The van der Waals surface area contributed by atoms with Crippen LogP contribution in [0.25, 0.3) is 11.7 Å². The Kier molecular flexibility index (Phi) is 3.78. The van der Waals surface area contributed by atoms with Gasteiger partial charge < -0.3 is 8.94 Å². The third-order valence-electron chi connectivity index (χ3n) is 2.66. The maximum atomic E-state index is 5.64. The molecule has 3 rings (SSSR count). The Balaban J connectivity index is 1.67. The Bertz CT molecular complexity index is 661. The zero-order valence-corrected chi connectivity index (χ0v) is 11.3. The minimum atomic E-state index is 0.354. The summed E-state index contributed by atoms with van der Waals surface area (Å²) in [5.74, 6) is 2.03. The van der Waals surface area contributed by atoms with Gasteiger partial charge in [-0.15, -0.1) is 16.7 Å². The summed E-state index contributed by atoms with van der Waals surface area (Å²) in [6.07, 6.45) is 5.10. The Hall–Kier alpha value is -2.15. The highest BCUT2D eigenvalue weighted by Gasteiger charge is 2.12. The molecule has 104 valence electrons. The van der Waals surface area contributed by atoms with Crippen LogP contribution in [0.15, 0.2) is 33.5 Å². The van der Waals surface area contributed by atoms with E-state index in [0.29, 0.717) is 29.9 Å². The van der Waals surface area contributed by atoms with Gasteiger partial charge in [0.25, 0.3) is 5.89 Å². The van der Waals surface area contributed by atoms with E-state index < -0.39 is 0 Å². The van der Waals surface area contributed by atoms with Gasteiger partial charge in [-0.25, -0.2) is 4.68 Å². The molecule has 0 unspecified atom stereocenters. The van der Waals surface area contributed by atoms with Crippen LogP contribution < -0.4 is 0 Å². The highest BCUT2D eigenvalue weighted by Crippen LogP contribution is 2.17. The standard InChI is InChI=1S/C12H12ClN5O2/c13-5-1-3-9-7-18(17-15-9)8-11-14-12(20-16-11)10-4-2-6-19-10/h2,4,6-7H,1,3,5,8H2. The van der Waals surface area contributed by atoms with Gasteiger partial charge in [0.2, 0.25) is 0 Å². The van der Waals surface area contributed by atoms with Crippen LogP contribution in [0.1, 0.15) is 17.9 Å². The summed E-state index contributed by atoms with van der Waals surface area (Å²) in [5.41, 5.74) is 0.903. The molecule has 0 aliphatic carbocycles. The summed E-state index contributed by atoms with van der Waals surface area (Å²) in [6, 6.07) is 3.52. The first-order valence-corrected chi connectivity index (χ1v) is 6.70. The number of halogens is 1. The number of hydrogen-bond acceptors (Lipinski definition) is 6. The Morgan fingerprint density at radius 1 is 1.35 bits per heavy atom. The number of aryl methyl sites for hydroxylation is 1. The Labute approximate surface area is 119 Å². The average Bonchev–Trinajstić information content (AvgIpc) is 3.18. The number of furan rings is 1. The van der Waals surface area contributed by atoms with Crippen LogP contribution in [-0.4, -0.2) is 31.0 Å². The second-order valence-corrected chi connectivity index (χ2v) is 4.57. The van der Waals surface area contributed by atoms with Gasteiger partial charge in [0, 0.05) is 12.1 Å². The second kappa shape index (κ2) is 5.87. The summed E-state index contributed by atoms with van der Waals surface area (Å²) in [4.78, 5) is 4.24. The van der Waals surface area contributed by atoms with Crippen LogP contribution in [0, 0.1) is 0 Å². The number of alkyl halides is 1. The molecule has 7 nitrogen and oxygen atoms in total. The molecule has 0 aromatic carbocycles. The molecule has 0 fully saturated rings. The summed E-state index contributed by atoms with van der Waals surface area (Å²) >= 11 is 5.64. The van der Waals surface area contributed by atoms with Crippen LogP contribution in [0.4, 0.5) is 0 Å².